The second-order valence-electron chi connectivity index (χ2n) is 6.14. The highest BCUT2D eigenvalue weighted by Crippen LogP contribution is 2.39. The fourth-order valence-corrected chi connectivity index (χ4v) is 2.76. The first-order valence-electron chi connectivity index (χ1n) is 6.70. The van der Waals surface area contributed by atoms with Crippen molar-refractivity contribution < 1.29 is 14.7 Å². The maximum absolute atomic E-state index is 11.9. The monoisotopic (exact) mass is 254 g/mol. The summed E-state index contributed by atoms with van der Waals surface area (Å²) in [4.78, 5) is 22.7. The third kappa shape index (κ3) is 3.15. The van der Waals surface area contributed by atoms with Gasteiger partial charge in [0.25, 0.3) is 0 Å². The SMILES string of the molecule is CC(C)(NC(=O)NC1CCC(C(=O)O)C1)C1CC1. The first-order valence-corrected chi connectivity index (χ1v) is 6.70. The van der Waals surface area contributed by atoms with E-state index in [-0.39, 0.29) is 23.5 Å². The van der Waals surface area contributed by atoms with Crippen LogP contribution in [0.15, 0.2) is 0 Å². The fraction of sp³-hybridized carbons (Fsp3) is 0.846. The van der Waals surface area contributed by atoms with Crippen LogP contribution in [-0.4, -0.2) is 28.7 Å². The van der Waals surface area contributed by atoms with E-state index < -0.39 is 5.97 Å². The van der Waals surface area contributed by atoms with E-state index in [2.05, 4.69) is 10.6 Å². The van der Waals surface area contributed by atoms with E-state index in [1.165, 1.54) is 12.8 Å². The van der Waals surface area contributed by atoms with Gasteiger partial charge in [-0.25, -0.2) is 4.79 Å². The normalized spacial score (nSPS) is 27.9. The Morgan fingerprint density at radius 3 is 2.33 bits per heavy atom. The molecule has 0 aromatic rings. The van der Waals surface area contributed by atoms with Gasteiger partial charge >= 0.3 is 12.0 Å². The number of carboxylic acid groups (broad SMARTS) is 1. The molecule has 102 valence electrons. The Hall–Kier alpha value is -1.26. The Morgan fingerprint density at radius 1 is 1.17 bits per heavy atom. The van der Waals surface area contributed by atoms with E-state index in [0.29, 0.717) is 18.8 Å². The molecule has 2 saturated carbocycles. The number of carboxylic acids is 1. The highest BCUT2D eigenvalue weighted by atomic mass is 16.4. The summed E-state index contributed by atoms with van der Waals surface area (Å²) in [6.45, 7) is 4.08. The van der Waals surface area contributed by atoms with Crippen LogP contribution in [0.4, 0.5) is 4.79 Å². The summed E-state index contributed by atoms with van der Waals surface area (Å²) in [6, 6.07) is -0.163. The number of carbonyl (C=O) groups is 2. The van der Waals surface area contributed by atoms with Crippen molar-refractivity contribution in [1.82, 2.24) is 10.6 Å². The lowest BCUT2D eigenvalue weighted by atomic mass is 9.99. The molecule has 0 bridgehead atoms. The minimum atomic E-state index is -0.752. The van der Waals surface area contributed by atoms with E-state index in [9.17, 15) is 9.59 Å². The summed E-state index contributed by atoms with van der Waals surface area (Å²) in [5.41, 5.74) is -0.158. The summed E-state index contributed by atoms with van der Waals surface area (Å²) in [6.07, 6.45) is 4.32. The van der Waals surface area contributed by atoms with Crippen LogP contribution >= 0.6 is 0 Å². The minimum absolute atomic E-state index is 0.00102. The number of hydrogen-bond acceptors (Lipinski definition) is 2. The van der Waals surface area contributed by atoms with E-state index in [1.807, 2.05) is 13.8 Å². The van der Waals surface area contributed by atoms with Crippen molar-refractivity contribution in [3.8, 4) is 0 Å². The summed E-state index contributed by atoms with van der Waals surface area (Å²) >= 11 is 0. The average molecular weight is 254 g/mol. The lowest BCUT2D eigenvalue weighted by Crippen LogP contribution is -2.51. The Bertz CT molecular complexity index is 350. The molecule has 0 radical (unpaired) electrons. The predicted octanol–water partition coefficient (Wildman–Crippen LogP) is 1.73. The molecule has 0 heterocycles. The Balaban J connectivity index is 1.76. The van der Waals surface area contributed by atoms with E-state index in [0.717, 1.165) is 6.42 Å². The van der Waals surface area contributed by atoms with Gasteiger partial charge in [-0.3, -0.25) is 4.79 Å². The van der Waals surface area contributed by atoms with Crippen molar-refractivity contribution in [2.24, 2.45) is 11.8 Å². The largest absolute Gasteiger partial charge is 0.481 e. The molecule has 0 aliphatic heterocycles. The topological polar surface area (TPSA) is 78.4 Å². The average Bonchev–Trinajstić information content (AvgIpc) is 3.00. The molecule has 2 atom stereocenters. The van der Waals surface area contributed by atoms with Crippen molar-refractivity contribution in [3.05, 3.63) is 0 Å². The van der Waals surface area contributed by atoms with Gasteiger partial charge in [-0.1, -0.05) is 0 Å². The lowest BCUT2D eigenvalue weighted by molar-refractivity contribution is -0.141. The quantitative estimate of drug-likeness (QED) is 0.715. The zero-order valence-electron chi connectivity index (χ0n) is 11.0. The van der Waals surface area contributed by atoms with Gasteiger partial charge in [0.05, 0.1) is 5.92 Å². The van der Waals surface area contributed by atoms with Crippen LogP contribution in [0.5, 0.6) is 0 Å². The molecule has 5 heteroatoms. The highest BCUT2D eigenvalue weighted by molar-refractivity contribution is 5.75. The van der Waals surface area contributed by atoms with Crippen LogP contribution in [-0.2, 0) is 4.79 Å². The molecule has 5 nitrogen and oxygen atoms in total. The van der Waals surface area contributed by atoms with Crippen molar-refractivity contribution in [2.45, 2.75) is 57.5 Å². The zero-order chi connectivity index (χ0) is 13.3. The second-order valence-corrected chi connectivity index (χ2v) is 6.14. The number of urea groups is 1. The van der Waals surface area contributed by atoms with Crippen LogP contribution in [0.25, 0.3) is 0 Å². The van der Waals surface area contributed by atoms with Crippen LogP contribution in [0.3, 0.4) is 0 Å². The van der Waals surface area contributed by atoms with Crippen molar-refractivity contribution in [1.29, 1.82) is 0 Å². The molecule has 0 aromatic carbocycles. The van der Waals surface area contributed by atoms with Crippen molar-refractivity contribution >= 4 is 12.0 Å². The van der Waals surface area contributed by atoms with Crippen LogP contribution < -0.4 is 10.6 Å². The van der Waals surface area contributed by atoms with Crippen molar-refractivity contribution in [2.75, 3.05) is 0 Å². The smallest absolute Gasteiger partial charge is 0.315 e. The van der Waals surface area contributed by atoms with Crippen LogP contribution in [0.2, 0.25) is 0 Å². The number of carbonyl (C=O) groups excluding carboxylic acids is 1. The first kappa shape index (κ1) is 13.2. The summed E-state index contributed by atoms with van der Waals surface area (Å²) in [5, 5.41) is 14.8. The Kier molecular flexibility index (Phi) is 3.50. The van der Waals surface area contributed by atoms with Crippen LogP contribution in [0.1, 0.15) is 46.0 Å². The molecule has 3 N–H and O–H groups in total. The number of amides is 2. The summed E-state index contributed by atoms with van der Waals surface area (Å²) < 4.78 is 0. The highest BCUT2D eigenvalue weighted by Gasteiger charge is 2.39. The van der Waals surface area contributed by atoms with Gasteiger partial charge in [0.15, 0.2) is 0 Å². The third-order valence-corrected chi connectivity index (χ3v) is 4.15. The number of aliphatic carboxylic acids is 1. The first-order chi connectivity index (χ1) is 8.38. The lowest BCUT2D eigenvalue weighted by Gasteiger charge is -2.27. The molecule has 0 spiro atoms. The number of nitrogens with one attached hydrogen (secondary N) is 2. The predicted molar refractivity (Wildman–Crippen MR) is 67.2 cm³/mol. The van der Waals surface area contributed by atoms with E-state index >= 15 is 0 Å². The molecule has 0 aromatic heterocycles. The second kappa shape index (κ2) is 4.78. The fourth-order valence-electron chi connectivity index (χ4n) is 2.76. The van der Waals surface area contributed by atoms with E-state index in [1.54, 1.807) is 0 Å². The maximum Gasteiger partial charge on any atom is 0.315 e. The van der Waals surface area contributed by atoms with Gasteiger partial charge in [-0.2, -0.15) is 0 Å². The molecule has 2 rings (SSSR count). The molecule has 0 saturated heterocycles. The standard InChI is InChI=1S/C13H22N2O3/c1-13(2,9-4-5-9)15-12(18)14-10-6-3-8(7-10)11(16)17/h8-10H,3-7H2,1-2H3,(H,16,17)(H2,14,15,18). The third-order valence-electron chi connectivity index (χ3n) is 4.15. The number of hydrogen-bond donors (Lipinski definition) is 3. The van der Waals surface area contributed by atoms with Gasteiger partial charge < -0.3 is 15.7 Å². The molecule has 2 unspecified atom stereocenters. The number of rotatable bonds is 4. The molecule has 18 heavy (non-hydrogen) atoms. The zero-order valence-corrected chi connectivity index (χ0v) is 11.0. The minimum Gasteiger partial charge on any atom is -0.481 e. The maximum atomic E-state index is 11.9. The van der Waals surface area contributed by atoms with E-state index in [4.69, 9.17) is 5.11 Å². The molecule has 2 aliphatic rings. The van der Waals surface area contributed by atoms with Gasteiger partial charge in [-0.15, -0.1) is 0 Å². The Morgan fingerprint density at radius 2 is 1.83 bits per heavy atom. The Labute approximate surface area is 107 Å². The van der Waals surface area contributed by atoms with Gasteiger partial charge in [-0.05, 0) is 51.9 Å². The summed E-state index contributed by atoms with van der Waals surface area (Å²) in [7, 11) is 0. The molecular formula is C13H22N2O3. The summed E-state index contributed by atoms with van der Waals surface area (Å²) in [5.74, 6) is -0.469. The van der Waals surface area contributed by atoms with Crippen molar-refractivity contribution in [3.63, 3.8) is 0 Å². The van der Waals surface area contributed by atoms with Gasteiger partial charge in [0.1, 0.15) is 0 Å². The molecular weight excluding hydrogens is 232 g/mol. The molecule has 2 aliphatic carbocycles. The van der Waals surface area contributed by atoms with Gasteiger partial charge in [0, 0.05) is 11.6 Å². The molecule has 2 amide bonds. The van der Waals surface area contributed by atoms with Gasteiger partial charge in [0.2, 0.25) is 0 Å². The molecule has 2 fully saturated rings. The van der Waals surface area contributed by atoms with Crippen LogP contribution in [0, 0.1) is 11.8 Å².